The molecule has 1 aliphatic rings. The van der Waals surface area contributed by atoms with Gasteiger partial charge in [-0.2, -0.15) is 5.10 Å². The maximum atomic E-state index is 13.1. The van der Waals surface area contributed by atoms with Gasteiger partial charge in [0, 0.05) is 37.1 Å². The molecule has 4 rings (SSSR count). The number of rotatable bonds is 5. The molecule has 6 nitrogen and oxygen atoms in total. The lowest BCUT2D eigenvalue weighted by Crippen LogP contribution is -2.29. The Balaban J connectivity index is 0.00000160. The van der Waals surface area contributed by atoms with Crippen LogP contribution in [0.25, 0.3) is 11.0 Å². The van der Waals surface area contributed by atoms with E-state index in [1.54, 1.807) is 12.4 Å². The fourth-order valence-electron chi connectivity index (χ4n) is 4.10. The molecule has 0 unspecified atom stereocenters. The summed E-state index contributed by atoms with van der Waals surface area (Å²) < 4.78 is 1.90. The van der Waals surface area contributed by atoms with Gasteiger partial charge in [-0.15, -0.1) is 24.8 Å². The zero-order chi connectivity index (χ0) is 19.7. The molecule has 1 fully saturated rings. The minimum absolute atomic E-state index is 0. The number of nitrogens with two attached hydrogens (primary N) is 1. The number of nitrogens with zero attached hydrogens (tertiary/aromatic N) is 4. The molecule has 1 saturated heterocycles. The lowest BCUT2D eigenvalue weighted by molar-refractivity contribution is 0.0786. The number of carbonyl (C=O) groups is 1. The monoisotopic (exact) mass is 449 g/mol. The molecule has 0 aliphatic carbocycles. The van der Waals surface area contributed by atoms with Gasteiger partial charge < -0.3 is 10.6 Å². The quantitative estimate of drug-likeness (QED) is 0.643. The molecular formula is C22H29Cl2N5O. The molecule has 162 valence electrons. The maximum Gasteiger partial charge on any atom is 0.255 e. The van der Waals surface area contributed by atoms with E-state index in [2.05, 4.69) is 36.1 Å². The van der Waals surface area contributed by atoms with E-state index in [1.165, 1.54) is 5.56 Å². The molecule has 2 aromatic heterocycles. The first-order valence-electron chi connectivity index (χ1n) is 9.92. The highest BCUT2D eigenvalue weighted by atomic mass is 35.5. The summed E-state index contributed by atoms with van der Waals surface area (Å²) in [6.45, 7) is 7.05. The third kappa shape index (κ3) is 4.77. The second-order valence-corrected chi connectivity index (χ2v) is 8.08. The third-order valence-corrected chi connectivity index (χ3v) is 5.52. The smallest absolute Gasteiger partial charge is 0.255 e. The van der Waals surface area contributed by atoms with E-state index in [4.69, 9.17) is 5.73 Å². The summed E-state index contributed by atoms with van der Waals surface area (Å²) in [5.74, 6) is 1.05. The van der Waals surface area contributed by atoms with Crippen LogP contribution in [0.2, 0.25) is 0 Å². The van der Waals surface area contributed by atoms with Crippen LogP contribution in [-0.2, 0) is 6.54 Å². The summed E-state index contributed by atoms with van der Waals surface area (Å²) in [6.07, 6.45) is 3.47. The Bertz CT molecular complexity index is 976. The number of carbonyl (C=O) groups excluding carboxylic acids is 1. The molecule has 0 spiro atoms. The number of hydrogen-bond acceptors (Lipinski definition) is 4. The van der Waals surface area contributed by atoms with Crippen molar-refractivity contribution >= 4 is 41.8 Å². The number of halogens is 2. The van der Waals surface area contributed by atoms with E-state index in [0.717, 1.165) is 17.6 Å². The lowest BCUT2D eigenvalue weighted by atomic mass is 9.89. The van der Waals surface area contributed by atoms with Gasteiger partial charge in [0.15, 0.2) is 5.65 Å². The third-order valence-electron chi connectivity index (χ3n) is 5.52. The first-order chi connectivity index (χ1) is 13.6. The molecular weight excluding hydrogens is 421 g/mol. The number of pyridine rings is 1. The summed E-state index contributed by atoms with van der Waals surface area (Å²) in [7, 11) is 0. The summed E-state index contributed by atoms with van der Waals surface area (Å²) in [5, 5.41) is 5.33. The van der Waals surface area contributed by atoms with Crippen LogP contribution in [0.3, 0.4) is 0 Å². The summed E-state index contributed by atoms with van der Waals surface area (Å²) in [5.41, 5.74) is 8.70. The predicted octanol–water partition coefficient (Wildman–Crippen LogP) is 3.75. The average Bonchev–Trinajstić information content (AvgIpc) is 3.31. The number of hydrogen-bond donors (Lipinski definition) is 1. The largest absolute Gasteiger partial charge is 0.338 e. The summed E-state index contributed by atoms with van der Waals surface area (Å²) >= 11 is 0. The van der Waals surface area contributed by atoms with Crippen LogP contribution in [-0.4, -0.2) is 45.2 Å². The van der Waals surface area contributed by atoms with Gasteiger partial charge in [-0.05, 0) is 30.0 Å². The lowest BCUT2D eigenvalue weighted by Gasteiger charge is -2.17. The maximum absolute atomic E-state index is 13.1. The van der Waals surface area contributed by atoms with Crippen molar-refractivity contribution in [2.75, 3.05) is 19.6 Å². The predicted molar refractivity (Wildman–Crippen MR) is 124 cm³/mol. The fourth-order valence-corrected chi connectivity index (χ4v) is 4.10. The number of likely N-dealkylation sites (tertiary alicyclic amines) is 1. The number of benzene rings is 1. The van der Waals surface area contributed by atoms with Crippen molar-refractivity contribution in [3.63, 3.8) is 0 Å². The van der Waals surface area contributed by atoms with Crippen LogP contribution < -0.4 is 5.73 Å². The van der Waals surface area contributed by atoms with Crippen molar-refractivity contribution < 1.29 is 4.79 Å². The molecule has 3 aromatic rings. The van der Waals surface area contributed by atoms with Crippen molar-refractivity contribution in [3.05, 3.63) is 59.9 Å². The molecule has 0 bridgehead atoms. The van der Waals surface area contributed by atoms with Crippen molar-refractivity contribution in [2.45, 2.75) is 26.3 Å². The first kappa shape index (κ1) is 24.1. The highest BCUT2D eigenvalue weighted by Crippen LogP contribution is 2.33. The van der Waals surface area contributed by atoms with Crippen LogP contribution in [0.15, 0.2) is 48.8 Å². The molecule has 1 amide bonds. The van der Waals surface area contributed by atoms with Crippen molar-refractivity contribution in [1.82, 2.24) is 19.7 Å². The van der Waals surface area contributed by atoms with Crippen LogP contribution in [0.1, 0.15) is 35.7 Å². The van der Waals surface area contributed by atoms with Gasteiger partial charge in [0.25, 0.3) is 5.91 Å². The van der Waals surface area contributed by atoms with E-state index in [0.29, 0.717) is 31.1 Å². The Morgan fingerprint density at radius 3 is 2.57 bits per heavy atom. The van der Waals surface area contributed by atoms with Gasteiger partial charge in [0.05, 0.1) is 11.8 Å². The van der Waals surface area contributed by atoms with Gasteiger partial charge in [0.2, 0.25) is 0 Å². The van der Waals surface area contributed by atoms with E-state index in [1.807, 2.05) is 33.8 Å². The first-order valence-corrected chi connectivity index (χ1v) is 9.92. The molecule has 30 heavy (non-hydrogen) atoms. The van der Waals surface area contributed by atoms with Gasteiger partial charge in [0.1, 0.15) is 0 Å². The number of aromatic nitrogens is 3. The Hall–Kier alpha value is -2.15. The van der Waals surface area contributed by atoms with Crippen molar-refractivity contribution in [1.29, 1.82) is 0 Å². The van der Waals surface area contributed by atoms with Crippen LogP contribution in [0.5, 0.6) is 0 Å². The zero-order valence-electron chi connectivity index (χ0n) is 17.3. The van der Waals surface area contributed by atoms with Crippen molar-refractivity contribution in [2.24, 2.45) is 17.6 Å². The molecule has 0 saturated carbocycles. The number of amides is 1. The standard InChI is InChI=1S/C22H27N5O.2ClH/c1-15(2)12-27-21-17(11-25-27)8-18(10-24-21)22(28)26-13-19(9-23)20(14-26)16-6-4-3-5-7-16;;/h3-8,10-11,15,19-20H,9,12-14,23H2,1-2H3;2*1H/t19-,20+;;/m1../s1. The summed E-state index contributed by atoms with van der Waals surface area (Å²) in [6, 6.07) is 12.2. The highest BCUT2D eigenvalue weighted by molar-refractivity contribution is 5.97. The van der Waals surface area contributed by atoms with E-state index >= 15 is 0 Å². The Morgan fingerprint density at radius 1 is 1.17 bits per heavy atom. The molecule has 1 aromatic carbocycles. The van der Waals surface area contributed by atoms with Crippen molar-refractivity contribution in [3.8, 4) is 0 Å². The van der Waals surface area contributed by atoms with Crippen LogP contribution in [0, 0.1) is 11.8 Å². The molecule has 1 aliphatic heterocycles. The fraction of sp³-hybridized carbons (Fsp3) is 0.409. The minimum Gasteiger partial charge on any atom is -0.338 e. The average molecular weight is 450 g/mol. The zero-order valence-corrected chi connectivity index (χ0v) is 18.9. The molecule has 0 radical (unpaired) electrons. The van der Waals surface area contributed by atoms with E-state index < -0.39 is 0 Å². The highest BCUT2D eigenvalue weighted by Gasteiger charge is 2.35. The molecule has 3 heterocycles. The SMILES string of the molecule is CC(C)Cn1ncc2cc(C(=O)N3C[C@@H](CN)[C@H](c4ccccc4)C3)cnc21.Cl.Cl. The molecule has 2 atom stereocenters. The molecule has 2 N–H and O–H groups in total. The van der Waals surface area contributed by atoms with Gasteiger partial charge in [-0.25, -0.2) is 9.67 Å². The van der Waals surface area contributed by atoms with E-state index in [-0.39, 0.29) is 42.6 Å². The summed E-state index contributed by atoms with van der Waals surface area (Å²) in [4.78, 5) is 19.6. The van der Waals surface area contributed by atoms with Crippen LogP contribution >= 0.6 is 24.8 Å². The normalized spacial score (nSPS) is 18.3. The number of fused-ring (bicyclic) bond motifs is 1. The minimum atomic E-state index is 0. The molecule has 8 heteroatoms. The second-order valence-electron chi connectivity index (χ2n) is 8.08. The Labute approximate surface area is 189 Å². The Morgan fingerprint density at radius 2 is 1.90 bits per heavy atom. The van der Waals surface area contributed by atoms with E-state index in [9.17, 15) is 4.79 Å². The topological polar surface area (TPSA) is 77.0 Å². The van der Waals surface area contributed by atoms with Crippen LogP contribution in [0.4, 0.5) is 0 Å². The second kappa shape index (κ2) is 10.2. The Kier molecular flexibility index (Phi) is 8.24. The van der Waals surface area contributed by atoms with Gasteiger partial charge in [-0.3, -0.25) is 4.79 Å². The van der Waals surface area contributed by atoms with Gasteiger partial charge >= 0.3 is 0 Å². The van der Waals surface area contributed by atoms with Gasteiger partial charge in [-0.1, -0.05) is 44.2 Å².